The quantitative estimate of drug-likeness (QED) is 0.472. The molecule has 148 valence electrons. The Labute approximate surface area is 160 Å². The Morgan fingerprint density at radius 1 is 1.04 bits per heavy atom. The third-order valence-corrected chi connectivity index (χ3v) is 5.36. The number of nitrogens with zero attached hydrogens (tertiary/aromatic N) is 1. The number of anilines is 1. The Morgan fingerprint density at radius 2 is 1.64 bits per heavy atom. The van der Waals surface area contributed by atoms with Crippen molar-refractivity contribution in [3.8, 4) is 17.2 Å². The summed E-state index contributed by atoms with van der Waals surface area (Å²) in [6.07, 6.45) is 0. The van der Waals surface area contributed by atoms with E-state index in [1.807, 2.05) is 0 Å². The Balaban J connectivity index is 2.13. The Morgan fingerprint density at radius 3 is 2.18 bits per heavy atom. The lowest BCUT2D eigenvalue weighted by Gasteiger charge is -2.14. The Hall–Kier alpha value is -2.96. The van der Waals surface area contributed by atoms with E-state index in [0.29, 0.717) is 0 Å². The van der Waals surface area contributed by atoms with E-state index < -0.39 is 17.1 Å². The summed E-state index contributed by atoms with van der Waals surface area (Å²) in [6.45, 7) is 0. The number of benzene rings is 2. The number of hydrogen-bond donors (Lipinski definition) is 3. The second-order valence-electron chi connectivity index (χ2n) is 5.60. The fourth-order valence-electron chi connectivity index (χ4n) is 2.70. The average Bonchev–Trinajstić information content (AvgIpc) is 3.08. The van der Waals surface area contributed by atoms with Gasteiger partial charge in [-0.25, -0.2) is 8.42 Å². The van der Waals surface area contributed by atoms with E-state index in [2.05, 4.69) is 9.88 Å². The molecule has 0 aliphatic heterocycles. The molecule has 0 saturated carbocycles. The van der Waals surface area contributed by atoms with Gasteiger partial charge in [-0.3, -0.25) is 4.72 Å². The molecule has 0 unspecified atom stereocenters. The first-order valence-electron chi connectivity index (χ1n) is 7.89. The fourth-order valence-corrected chi connectivity index (χ4v) is 4.02. The molecule has 1 aromatic heterocycles. The van der Waals surface area contributed by atoms with Crippen LogP contribution < -0.4 is 24.4 Å². The van der Waals surface area contributed by atoms with Gasteiger partial charge in [0.2, 0.25) is 0 Å². The van der Waals surface area contributed by atoms with Gasteiger partial charge in [-0.05, 0) is 29.7 Å². The number of ether oxygens (including phenoxy) is 3. The second kappa shape index (κ2) is 7.58. The van der Waals surface area contributed by atoms with Crippen molar-refractivity contribution in [3.05, 3.63) is 30.3 Å². The second-order valence-corrected chi connectivity index (χ2v) is 7.22. The number of nitrogens with one attached hydrogen (secondary N) is 1. The lowest BCUT2D eigenvalue weighted by atomic mass is 9.80. The molecule has 0 bridgehead atoms. The minimum atomic E-state index is -4.19. The normalized spacial score (nSPS) is 11.3. The van der Waals surface area contributed by atoms with Crippen molar-refractivity contribution in [2.75, 3.05) is 26.1 Å². The highest BCUT2D eigenvalue weighted by Gasteiger charge is 2.28. The largest absolute Gasteiger partial charge is 0.496 e. The molecule has 12 heteroatoms. The highest BCUT2D eigenvalue weighted by Crippen LogP contribution is 2.37. The molecule has 0 saturated heterocycles. The van der Waals surface area contributed by atoms with Crippen molar-refractivity contribution in [1.29, 1.82) is 0 Å². The molecular formula is C16H17BN2O8S. The number of fused-ring (bicyclic) bond motifs is 1. The van der Waals surface area contributed by atoms with Crippen molar-refractivity contribution in [2.24, 2.45) is 0 Å². The third-order valence-electron chi connectivity index (χ3n) is 3.96. The first-order valence-corrected chi connectivity index (χ1v) is 9.38. The van der Waals surface area contributed by atoms with Crippen LogP contribution >= 0.6 is 0 Å². The maximum absolute atomic E-state index is 13.0. The van der Waals surface area contributed by atoms with Crippen molar-refractivity contribution in [3.63, 3.8) is 0 Å². The van der Waals surface area contributed by atoms with E-state index in [-0.39, 0.29) is 44.4 Å². The average molecular weight is 408 g/mol. The van der Waals surface area contributed by atoms with Crippen LogP contribution in [0.2, 0.25) is 0 Å². The van der Waals surface area contributed by atoms with Gasteiger partial charge in [-0.15, -0.1) is 0 Å². The van der Waals surface area contributed by atoms with Crippen LogP contribution in [0.1, 0.15) is 0 Å². The maximum Gasteiger partial charge on any atom is 0.488 e. The Kier molecular flexibility index (Phi) is 5.36. The molecule has 3 rings (SSSR count). The van der Waals surface area contributed by atoms with Crippen LogP contribution in [0.4, 0.5) is 5.82 Å². The van der Waals surface area contributed by atoms with Crippen LogP contribution in [-0.4, -0.2) is 52.1 Å². The summed E-state index contributed by atoms with van der Waals surface area (Å²) in [7, 11) is -1.93. The van der Waals surface area contributed by atoms with Crippen molar-refractivity contribution < 1.29 is 37.2 Å². The number of sulfonamides is 1. The number of methoxy groups -OCH3 is 3. The van der Waals surface area contributed by atoms with Crippen molar-refractivity contribution in [2.45, 2.75) is 4.90 Å². The zero-order valence-corrected chi connectivity index (χ0v) is 16.0. The minimum absolute atomic E-state index is 0.0808. The molecule has 0 amide bonds. The zero-order valence-electron chi connectivity index (χ0n) is 15.2. The zero-order chi connectivity index (χ0) is 20.5. The molecule has 0 fully saturated rings. The van der Waals surface area contributed by atoms with Gasteiger partial charge in [-0.1, -0.05) is 11.2 Å². The van der Waals surface area contributed by atoms with E-state index in [4.69, 9.17) is 18.7 Å². The van der Waals surface area contributed by atoms with Gasteiger partial charge in [0.25, 0.3) is 10.0 Å². The molecule has 1 heterocycles. The molecule has 0 spiro atoms. The van der Waals surface area contributed by atoms with Gasteiger partial charge < -0.3 is 28.8 Å². The van der Waals surface area contributed by atoms with Crippen LogP contribution in [-0.2, 0) is 10.0 Å². The molecule has 10 nitrogen and oxygen atoms in total. The third kappa shape index (κ3) is 3.44. The molecule has 3 aromatic rings. The lowest BCUT2D eigenvalue weighted by molar-refractivity contribution is 0.373. The van der Waals surface area contributed by atoms with E-state index >= 15 is 0 Å². The molecular weight excluding hydrogens is 391 g/mol. The van der Waals surface area contributed by atoms with Crippen LogP contribution in [0, 0.1) is 0 Å². The first-order chi connectivity index (χ1) is 13.3. The predicted octanol–water partition coefficient (Wildman–Crippen LogP) is 0.334. The molecule has 0 radical (unpaired) electrons. The van der Waals surface area contributed by atoms with Gasteiger partial charge in [-0.2, -0.15) is 0 Å². The summed E-state index contributed by atoms with van der Waals surface area (Å²) in [5.74, 6) is 0.167. The standard InChI is InChI=1S/C16H17BN2O8S/c1-24-10-5-4-6-11(25-2)15(10)28(22,23)19-16-14-12(26-3)7-9(17(20)21)8-13(14)27-18-16/h4-8,20-21H,1-3H3,(H,18,19). The van der Waals surface area contributed by atoms with Gasteiger partial charge in [0.1, 0.15) is 22.6 Å². The highest BCUT2D eigenvalue weighted by atomic mass is 32.2. The Bertz CT molecular complexity index is 1090. The SMILES string of the molecule is COc1cccc(OC)c1S(=O)(=O)Nc1noc2cc(B(O)O)cc(OC)c12. The molecule has 2 aromatic carbocycles. The summed E-state index contributed by atoms with van der Waals surface area (Å²) in [5.41, 5.74) is 0.202. The monoisotopic (exact) mass is 408 g/mol. The van der Waals surface area contributed by atoms with E-state index in [1.54, 1.807) is 6.07 Å². The molecule has 0 aliphatic rings. The summed E-state index contributed by atoms with van der Waals surface area (Å²) >= 11 is 0. The topological polar surface area (TPSA) is 140 Å². The molecule has 0 atom stereocenters. The van der Waals surface area contributed by atoms with Gasteiger partial charge in [0.05, 0.1) is 21.3 Å². The van der Waals surface area contributed by atoms with Gasteiger partial charge in [0.15, 0.2) is 16.3 Å². The summed E-state index contributed by atoms with van der Waals surface area (Å²) in [6, 6.07) is 7.20. The van der Waals surface area contributed by atoms with Crippen LogP contribution in [0.15, 0.2) is 39.8 Å². The summed E-state index contributed by atoms with van der Waals surface area (Å²) < 4.78 is 49.0. The van der Waals surface area contributed by atoms with Crippen LogP contribution in [0.5, 0.6) is 17.2 Å². The van der Waals surface area contributed by atoms with Crippen LogP contribution in [0.3, 0.4) is 0 Å². The smallest absolute Gasteiger partial charge is 0.488 e. The number of aromatic nitrogens is 1. The summed E-state index contributed by atoms with van der Waals surface area (Å²) in [4.78, 5) is -0.211. The van der Waals surface area contributed by atoms with Gasteiger partial charge in [0, 0.05) is 0 Å². The first kappa shape index (κ1) is 19.8. The number of rotatable bonds is 7. The van der Waals surface area contributed by atoms with Crippen molar-refractivity contribution >= 4 is 39.4 Å². The van der Waals surface area contributed by atoms with E-state index in [0.717, 1.165) is 0 Å². The van der Waals surface area contributed by atoms with Gasteiger partial charge >= 0.3 is 7.12 Å². The van der Waals surface area contributed by atoms with E-state index in [1.165, 1.54) is 45.6 Å². The highest BCUT2D eigenvalue weighted by molar-refractivity contribution is 7.93. The molecule has 0 aliphatic carbocycles. The van der Waals surface area contributed by atoms with Crippen LogP contribution in [0.25, 0.3) is 11.0 Å². The maximum atomic E-state index is 13.0. The van der Waals surface area contributed by atoms with Crippen molar-refractivity contribution in [1.82, 2.24) is 5.16 Å². The minimum Gasteiger partial charge on any atom is -0.496 e. The molecule has 28 heavy (non-hydrogen) atoms. The predicted molar refractivity (Wildman–Crippen MR) is 101 cm³/mol. The fraction of sp³-hybridized carbons (Fsp3) is 0.188. The van der Waals surface area contributed by atoms with E-state index in [9.17, 15) is 18.5 Å². The summed E-state index contributed by atoms with van der Waals surface area (Å²) in [5, 5.41) is 22.7. The number of hydrogen-bond acceptors (Lipinski definition) is 9. The lowest BCUT2D eigenvalue weighted by Crippen LogP contribution is -2.29. The molecule has 3 N–H and O–H groups in total.